The largest absolute Gasteiger partial charge is 0.508 e. The van der Waals surface area contributed by atoms with Crippen LogP contribution in [0.3, 0.4) is 0 Å². The second kappa shape index (κ2) is 14.3. The number of benzene rings is 2. The molecule has 216 valence electrons. The Hall–Kier alpha value is -3.40. The molecule has 4 rings (SSSR count). The Morgan fingerprint density at radius 2 is 1.75 bits per heavy atom. The SMILES string of the molecule is COc1ccc(C2=NN(CCCCCCNCC(O)c3ccc(O)c(CO)c3)C(=O)C3CC=CCC23)cc1OC. The summed E-state index contributed by atoms with van der Waals surface area (Å²) in [7, 11) is 3.23. The second-order valence-corrected chi connectivity index (χ2v) is 10.4. The van der Waals surface area contributed by atoms with Crippen molar-refractivity contribution in [2.45, 2.75) is 51.2 Å². The van der Waals surface area contributed by atoms with Crippen molar-refractivity contribution < 1.29 is 29.6 Å². The number of amides is 1. The normalized spacial score (nSPS) is 19.2. The summed E-state index contributed by atoms with van der Waals surface area (Å²) in [4.78, 5) is 13.3. The van der Waals surface area contributed by atoms with Gasteiger partial charge < -0.3 is 30.1 Å². The predicted molar refractivity (Wildman–Crippen MR) is 153 cm³/mol. The molecule has 0 saturated carbocycles. The molecule has 1 aliphatic heterocycles. The molecule has 1 amide bonds. The number of unbranched alkanes of at least 4 members (excludes halogenated alkanes) is 3. The number of carbonyl (C=O) groups excluding carboxylic acids is 1. The van der Waals surface area contributed by atoms with Crippen LogP contribution < -0.4 is 14.8 Å². The lowest BCUT2D eigenvalue weighted by atomic mass is 9.76. The second-order valence-electron chi connectivity index (χ2n) is 10.4. The van der Waals surface area contributed by atoms with E-state index < -0.39 is 6.10 Å². The average Bonchev–Trinajstić information content (AvgIpc) is 2.99. The summed E-state index contributed by atoms with van der Waals surface area (Å²) in [6, 6.07) is 10.6. The van der Waals surface area contributed by atoms with Crippen LogP contribution in [-0.4, -0.2) is 65.8 Å². The van der Waals surface area contributed by atoms with E-state index in [0.717, 1.165) is 56.3 Å². The molecule has 1 heterocycles. The molecule has 9 heteroatoms. The van der Waals surface area contributed by atoms with E-state index in [2.05, 4.69) is 17.5 Å². The van der Waals surface area contributed by atoms with E-state index >= 15 is 0 Å². The maximum Gasteiger partial charge on any atom is 0.246 e. The van der Waals surface area contributed by atoms with Crippen molar-refractivity contribution in [1.29, 1.82) is 0 Å². The number of hydrogen-bond donors (Lipinski definition) is 4. The maximum absolute atomic E-state index is 13.3. The Balaban J connectivity index is 1.26. The van der Waals surface area contributed by atoms with E-state index in [1.807, 2.05) is 18.2 Å². The Bertz CT molecular complexity index is 1210. The highest BCUT2D eigenvalue weighted by molar-refractivity contribution is 6.07. The number of hydrazone groups is 1. The first-order chi connectivity index (χ1) is 19.5. The molecule has 0 bridgehead atoms. The lowest BCUT2D eigenvalue weighted by Crippen LogP contribution is -2.45. The van der Waals surface area contributed by atoms with Crippen molar-refractivity contribution in [2.75, 3.05) is 33.9 Å². The number of rotatable bonds is 14. The standard InChI is InChI=1S/C31H41N3O6/c1-39-28-14-12-22(18-29(28)40-2)30-24-9-5-6-10-25(24)31(38)34(33-30)16-8-4-3-7-15-32-19-27(37)21-11-13-26(36)23(17-21)20-35/h5-6,11-14,17-18,24-25,27,32,35-37H,3-4,7-10,15-16,19-20H2,1-2H3. The van der Waals surface area contributed by atoms with Gasteiger partial charge in [0.2, 0.25) is 5.91 Å². The van der Waals surface area contributed by atoms with Crippen LogP contribution in [0.25, 0.3) is 0 Å². The van der Waals surface area contributed by atoms with Crippen LogP contribution in [0.15, 0.2) is 53.7 Å². The van der Waals surface area contributed by atoms with E-state index in [9.17, 15) is 20.1 Å². The highest BCUT2D eigenvalue weighted by Gasteiger charge is 2.40. The number of phenols is 1. The number of ether oxygens (including phenoxy) is 2. The maximum atomic E-state index is 13.3. The van der Waals surface area contributed by atoms with Gasteiger partial charge in [0.15, 0.2) is 11.5 Å². The van der Waals surface area contributed by atoms with E-state index in [1.54, 1.807) is 31.4 Å². The number of hydrogen-bond acceptors (Lipinski definition) is 8. The van der Waals surface area contributed by atoms with Gasteiger partial charge in [-0.2, -0.15) is 5.10 Å². The van der Waals surface area contributed by atoms with Gasteiger partial charge in [0, 0.05) is 30.1 Å². The van der Waals surface area contributed by atoms with E-state index in [1.165, 1.54) is 6.07 Å². The van der Waals surface area contributed by atoms with Crippen molar-refractivity contribution in [3.63, 3.8) is 0 Å². The van der Waals surface area contributed by atoms with Gasteiger partial charge in [-0.3, -0.25) is 4.79 Å². The van der Waals surface area contributed by atoms with Crippen molar-refractivity contribution in [3.8, 4) is 17.2 Å². The molecule has 2 aromatic carbocycles. The molecule has 0 spiro atoms. The van der Waals surface area contributed by atoms with E-state index in [-0.39, 0.29) is 30.1 Å². The topological polar surface area (TPSA) is 124 Å². The highest BCUT2D eigenvalue weighted by Crippen LogP contribution is 2.37. The number of fused-ring (bicyclic) bond motifs is 1. The third-order valence-electron chi connectivity index (χ3n) is 7.73. The molecular weight excluding hydrogens is 510 g/mol. The number of aromatic hydroxyl groups is 1. The summed E-state index contributed by atoms with van der Waals surface area (Å²) >= 11 is 0. The molecule has 0 radical (unpaired) electrons. The van der Waals surface area contributed by atoms with Crippen molar-refractivity contribution in [2.24, 2.45) is 16.9 Å². The van der Waals surface area contributed by atoms with E-state index in [4.69, 9.17) is 14.6 Å². The van der Waals surface area contributed by atoms with E-state index in [0.29, 0.717) is 35.7 Å². The zero-order chi connectivity index (χ0) is 28.5. The Labute approximate surface area is 236 Å². The van der Waals surface area contributed by atoms with Gasteiger partial charge in [-0.25, -0.2) is 5.01 Å². The van der Waals surface area contributed by atoms with Gasteiger partial charge in [-0.1, -0.05) is 31.1 Å². The summed E-state index contributed by atoms with van der Waals surface area (Å²) in [5.41, 5.74) is 2.94. The Kier molecular flexibility index (Phi) is 10.6. The number of methoxy groups -OCH3 is 2. The smallest absolute Gasteiger partial charge is 0.246 e. The van der Waals surface area contributed by atoms with Gasteiger partial charge in [-0.15, -0.1) is 0 Å². The van der Waals surface area contributed by atoms with Gasteiger partial charge >= 0.3 is 0 Å². The van der Waals surface area contributed by atoms with Gasteiger partial charge in [-0.05, 0) is 68.1 Å². The zero-order valence-electron chi connectivity index (χ0n) is 23.4. The number of nitrogens with zero attached hydrogens (tertiary/aromatic N) is 2. The Morgan fingerprint density at radius 3 is 2.50 bits per heavy atom. The fourth-order valence-corrected chi connectivity index (χ4v) is 5.42. The zero-order valence-corrected chi connectivity index (χ0v) is 23.4. The van der Waals surface area contributed by atoms with Crippen LogP contribution >= 0.6 is 0 Å². The minimum absolute atomic E-state index is 0.0240. The minimum Gasteiger partial charge on any atom is -0.508 e. The first kappa shape index (κ1) is 29.6. The first-order valence-electron chi connectivity index (χ1n) is 14.1. The third-order valence-corrected chi connectivity index (χ3v) is 7.73. The fourth-order valence-electron chi connectivity index (χ4n) is 5.42. The van der Waals surface area contributed by atoms with Gasteiger partial charge in [0.25, 0.3) is 0 Å². The molecule has 0 saturated heterocycles. The number of aliphatic hydroxyl groups excluding tert-OH is 2. The first-order valence-corrected chi connectivity index (χ1v) is 14.1. The molecule has 0 aromatic heterocycles. The minimum atomic E-state index is -0.716. The summed E-state index contributed by atoms with van der Waals surface area (Å²) in [5, 5.41) is 39.2. The molecule has 3 unspecified atom stereocenters. The molecule has 2 aliphatic rings. The molecule has 3 atom stereocenters. The van der Waals surface area contributed by atoms with Gasteiger partial charge in [0.05, 0.1) is 38.6 Å². The predicted octanol–water partition coefficient (Wildman–Crippen LogP) is 3.91. The molecule has 1 aliphatic carbocycles. The van der Waals surface area contributed by atoms with Crippen LogP contribution in [0.1, 0.15) is 61.3 Å². The monoisotopic (exact) mass is 551 g/mol. The summed E-state index contributed by atoms with van der Waals surface area (Å²) < 4.78 is 10.9. The molecular formula is C31H41N3O6. The summed E-state index contributed by atoms with van der Waals surface area (Å²) in [6.45, 7) is 1.47. The lowest BCUT2D eigenvalue weighted by molar-refractivity contribution is -0.137. The van der Waals surface area contributed by atoms with Crippen LogP contribution in [0.5, 0.6) is 17.2 Å². The highest BCUT2D eigenvalue weighted by atomic mass is 16.5. The summed E-state index contributed by atoms with van der Waals surface area (Å²) in [5.74, 6) is 1.40. The lowest BCUT2D eigenvalue weighted by Gasteiger charge is -2.37. The Morgan fingerprint density at radius 1 is 1.00 bits per heavy atom. The van der Waals surface area contributed by atoms with Crippen molar-refractivity contribution in [3.05, 3.63) is 65.2 Å². The average molecular weight is 552 g/mol. The van der Waals surface area contributed by atoms with Crippen LogP contribution in [0.2, 0.25) is 0 Å². The summed E-state index contributed by atoms with van der Waals surface area (Å²) in [6.07, 6.45) is 8.85. The fraction of sp³-hybridized carbons (Fsp3) is 0.484. The molecule has 2 aromatic rings. The van der Waals surface area contributed by atoms with Crippen LogP contribution in [0, 0.1) is 11.8 Å². The number of aliphatic hydroxyl groups is 2. The quantitative estimate of drug-likeness (QED) is 0.207. The molecule has 40 heavy (non-hydrogen) atoms. The van der Waals surface area contributed by atoms with Crippen molar-refractivity contribution >= 4 is 11.6 Å². The number of allylic oxidation sites excluding steroid dienone is 2. The number of nitrogens with one attached hydrogen (secondary N) is 1. The van der Waals surface area contributed by atoms with Gasteiger partial charge in [0.1, 0.15) is 5.75 Å². The van der Waals surface area contributed by atoms with Crippen molar-refractivity contribution in [1.82, 2.24) is 10.3 Å². The van der Waals surface area contributed by atoms with Crippen LogP contribution in [-0.2, 0) is 11.4 Å². The molecule has 0 fully saturated rings. The molecule has 9 nitrogen and oxygen atoms in total. The van der Waals surface area contributed by atoms with Crippen LogP contribution in [0.4, 0.5) is 0 Å². The third kappa shape index (κ3) is 7.02. The molecule has 4 N–H and O–H groups in total. The number of carbonyl (C=O) groups is 1.